The Labute approximate surface area is 139 Å². The second-order valence-electron chi connectivity index (χ2n) is 6.20. The Bertz CT molecular complexity index is 465. The maximum Gasteiger partial charge on any atom is 0.323 e. The molecule has 0 saturated carbocycles. The van der Waals surface area contributed by atoms with Crippen LogP contribution in [0.1, 0.15) is 83.2 Å². The molecule has 1 aromatic rings. The summed E-state index contributed by atoms with van der Waals surface area (Å²) in [6, 6.07) is 0. The SMILES string of the molecule is CCCCCCCCCCCCCOC(=O)Cc1c[nH]c(=O)[nH]1. The normalized spacial score (nSPS) is 10.8. The van der Waals surface area contributed by atoms with Crippen molar-refractivity contribution >= 4 is 5.97 Å². The summed E-state index contributed by atoms with van der Waals surface area (Å²) in [7, 11) is 0. The van der Waals surface area contributed by atoms with E-state index in [2.05, 4.69) is 16.9 Å². The molecule has 5 heteroatoms. The summed E-state index contributed by atoms with van der Waals surface area (Å²) in [6.07, 6.45) is 15.7. The number of hydrogen-bond acceptors (Lipinski definition) is 3. The number of ether oxygens (including phenoxy) is 1. The number of unbranched alkanes of at least 4 members (excludes halogenated alkanes) is 10. The number of carbonyl (C=O) groups excluding carboxylic acids is 1. The Balaban J connectivity index is 1.84. The van der Waals surface area contributed by atoms with Gasteiger partial charge in [0.25, 0.3) is 0 Å². The van der Waals surface area contributed by atoms with Crippen LogP contribution in [-0.4, -0.2) is 22.5 Å². The number of esters is 1. The number of rotatable bonds is 14. The lowest BCUT2D eigenvalue weighted by Crippen LogP contribution is -2.10. The molecule has 0 atom stereocenters. The molecule has 2 N–H and O–H groups in total. The van der Waals surface area contributed by atoms with Gasteiger partial charge in [0.1, 0.15) is 0 Å². The van der Waals surface area contributed by atoms with Gasteiger partial charge in [0.15, 0.2) is 0 Å². The van der Waals surface area contributed by atoms with Gasteiger partial charge in [-0.2, -0.15) is 0 Å². The van der Waals surface area contributed by atoms with E-state index in [1.54, 1.807) is 0 Å². The Kier molecular flexibility index (Phi) is 11.0. The van der Waals surface area contributed by atoms with E-state index < -0.39 is 0 Å². The number of imidazole rings is 1. The average molecular weight is 324 g/mol. The van der Waals surface area contributed by atoms with Gasteiger partial charge in [-0.05, 0) is 6.42 Å². The van der Waals surface area contributed by atoms with Gasteiger partial charge in [-0.1, -0.05) is 71.1 Å². The summed E-state index contributed by atoms with van der Waals surface area (Å²) in [5, 5.41) is 0. The quantitative estimate of drug-likeness (QED) is 0.399. The zero-order valence-corrected chi connectivity index (χ0v) is 14.5. The van der Waals surface area contributed by atoms with E-state index in [1.807, 2.05) is 0 Å². The van der Waals surface area contributed by atoms with Crippen LogP contribution in [0.25, 0.3) is 0 Å². The minimum atomic E-state index is -0.293. The lowest BCUT2D eigenvalue weighted by molar-refractivity contribution is -0.143. The number of aromatic amines is 2. The first-order valence-corrected chi connectivity index (χ1v) is 9.14. The molecule has 0 aliphatic heterocycles. The zero-order valence-electron chi connectivity index (χ0n) is 14.5. The molecule has 0 saturated heterocycles. The standard InChI is InChI=1S/C18H32N2O3/c1-2-3-4-5-6-7-8-9-10-11-12-13-23-17(21)14-16-15-19-18(22)20-16/h15H,2-14H2,1H3,(H2,19,20,22). The van der Waals surface area contributed by atoms with Crippen molar-refractivity contribution < 1.29 is 9.53 Å². The summed E-state index contributed by atoms with van der Waals surface area (Å²) < 4.78 is 5.16. The van der Waals surface area contributed by atoms with Crippen molar-refractivity contribution in [1.82, 2.24) is 9.97 Å². The van der Waals surface area contributed by atoms with E-state index in [1.165, 1.54) is 64.0 Å². The third-order valence-electron chi connectivity index (χ3n) is 4.00. The number of aromatic nitrogens is 2. The lowest BCUT2D eigenvalue weighted by atomic mass is 10.1. The van der Waals surface area contributed by atoms with E-state index in [-0.39, 0.29) is 18.1 Å². The number of hydrogen-bond donors (Lipinski definition) is 2. The van der Waals surface area contributed by atoms with Crippen LogP contribution in [0.2, 0.25) is 0 Å². The number of carbonyl (C=O) groups is 1. The van der Waals surface area contributed by atoms with E-state index in [0.717, 1.165) is 12.8 Å². The van der Waals surface area contributed by atoms with E-state index in [4.69, 9.17) is 4.74 Å². The van der Waals surface area contributed by atoms with Crippen molar-refractivity contribution in [1.29, 1.82) is 0 Å². The van der Waals surface area contributed by atoms with Crippen LogP contribution in [0.5, 0.6) is 0 Å². The predicted octanol–water partition coefficient (Wildman–Crippen LogP) is 4.10. The molecule has 0 unspecified atom stereocenters. The van der Waals surface area contributed by atoms with Crippen molar-refractivity contribution in [2.24, 2.45) is 0 Å². The first-order chi connectivity index (χ1) is 11.2. The Morgan fingerprint density at radius 1 is 0.957 bits per heavy atom. The van der Waals surface area contributed by atoms with Gasteiger partial charge in [0.2, 0.25) is 0 Å². The molecule has 23 heavy (non-hydrogen) atoms. The first-order valence-electron chi connectivity index (χ1n) is 9.14. The Morgan fingerprint density at radius 3 is 2.04 bits per heavy atom. The predicted molar refractivity (Wildman–Crippen MR) is 92.5 cm³/mol. The molecule has 1 rings (SSSR count). The maximum atomic E-state index is 11.5. The highest BCUT2D eigenvalue weighted by Crippen LogP contribution is 2.11. The minimum Gasteiger partial charge on any atom is -0.465 e. The molecule has 0 aliphatic rings. The molecule has 132 valence electrons. The van der Waals surface area contributed by atoms with Gasteiger partial charge in [-0.3, -0.25) is 4.79 Å². The molecule has 0 aliphatic carbocycles. The molecule has 0 radical (unpaired) electrons. The van der Waals surface area contributed by atoms with Crippen LogP contribution in [0.15, 0.2) is 11.0 Å². The molecule has 0 amide bonds. The van der Waals surface area contributed by atoms with E-state index in [9.17, 15) is 9.59 Å². The zero-order chi connectivity index (χ0) is 16.8. The van der Waals surface area contributed by atoms with Crippen molar-refractivity contribution in [2.75, 3.05) is 6.61 Å². The fourth-order valence-electron chi connectivity index (χ4n) is 2.62. The largest absolute Gasteiger partial charge is 0.465 e. The Morgan fingerprint density at radius 2 is 1.52 bits per heavy atom. The van der Waals surface area contributed by atoms with Crippen LogP contribution in [0, 0.1) is 0 Å². The van der Waals surface area contributed by atoms with Crippen LogP contribution < -0.4 is 5.69 Å². The molecular weight excluding hydrogens is 292 g/mol. The smallest absolute Gasteiger partial charge is 0.323 e. The second kappa shape index (κ2) is 13.0. The lowest BCUT2D eigenvalue weighted by Gasteiger charge is -2.04. The monoisotopic (exact) mass is 324 g/mol. The molecule has 1 heterocycles. The molecule has 0 fully saturated rings. The number of H-pyrrole nitrogens is 2. The van der Waals surface area contributed by atoms with Crippen LogP contribution in [-0.2, 0) is 16.0 Å². The first kappa shape index (κ1) is 19.5. The third-order valence-corrected chi connectivity index (χ3v) is 4.00. The van der Waals surface area contributed by atoms with Crippen molar-refractivity contribution in [3.8, 4) is 0 Å². The number of nitrogens with one attached hydrogen (secondary N) is 2. The van der Waals surface area contributed by atoms with Crippen molar-refractivity contribution in [3.05, 3.63) is 22.4 Å². The molecule has 5 nitrogen and oxygen atoms in total. The highest BCUT2D eigenvalue weighted by atomic mass is 16.5. The molecule has 0 spiro atoms. The van der Waals surface area contributed by atoms with E-state index >= 15 is 0 Å². The second-order valence-corrected chi connectivity index (χ2v) is 6.20. The molecule has 0 aromatic carbocycles. The fraction of sp³-hybridized carbons (Fsp3) is 0.778. The topological polar surface area (TPSA) is 75.0 Å². The molecule has 0 bridgehead atoms. The summed E-state index contributed by atoms with van der Waals surface area (Å²) in [4.78, 5) is 27.4. The summed E-state index contributed by atoms with van der Waals surface area (Å²) in [6.45, 7) is 2.73. The maximum absolute atomic E-state index is 11.5. The highest BCUT2D eigenvalue weighted by Gasteiger charge is 2.06. The average Bonchev–Trinajstić information content (AvgIpc) is 2.93. The van der Waals surface area contributed by atoms with Gasteiger partial charge in [-0.25, -0.2) is 4.79 Å². The summed E-state index contributed by atoms with van der Waals surface area (Å²) >= 11 is 0. The van der Waals surface area contributed by atoms with Gasteiger partial charge in [0, 0.05) is 11.9 Å². The summed E-state index contributed by atoms with van der Waals surface area (Å²) in [5.41, 5.74) is 0.275. The van der Waals surface area contributed by atoms with Crippen LogP contribution >= 0.6 is 0 Å². The molecule has 1 aromatic heterocycles. The highest BCUT2D eigenvalue weighted by molar-refractivity contribution is 5.71. The van der Waals surface area contributed by atoms with Gasteiger partial charge >= 0.3 is 11.7 Å². The van der Waals surface area contributed by atoms with Gasteiger partial charge < -0.3 is 14.7 Å². The summed E-state index contributed by atoms with van der Waals surface area (Å²) in [5.74, 6) is -0.285. The third kappa shape index (κ3) is 10.8. The van der Waals surface area contributed by atoms with Crippen LogP contribution in [0.3, 0.4) is 0 Å². The van der Waals surface area contributed by atoms with Crippen LogP contribution in [0.4, 0.5) is 0 Å². The minimum absolute atomic E-state index is 0.122. The Hall–Kier alpha value is -1.52. The van der Waals surface area contributed by atoms with Crippen molar-refractivity contribution in [3.63, 3.8) is 0 Å². The fourth-order valence-corrected chi connectivity index (χ4v) is 2.62. The van der Waals surface area contributed by atoms with Crippen molar-refractivity contribution in [2.45, 2.75) is 84.0 Å². The van der Waals surface area contributed by atoms with Gasteiger partial charge in [0.05, 0.1) is 13.0 Å². The molecular formula is C18H32N2O3. The van der Waals surface area contributed by atoms with Gasteiger partial charge in [-0.15, -0.1) is 0 Å². The van der Waals surface area contributed by atoms with E-state index in [0.29, 0.717) is 12.3 Å².